The van der Waals surface area contributed by atoms with E-state index in [9.17, 15) is 15.0 Å². The molecule has 0 aromatic heterocycles. The highest BCUT2D eigenvalue weighted by Crippen LogP contribution is 2.42. The number of hydrogen-bond donors (Lipinski definition) is 2. The average Bonchev–Trinajstić information content (AvgIpc) is 2.72. The molecule has 1 aromatic rings. The first-order valence-corrected chi connectivity index (χ1v) is 8.82. The molecule has 3 rings (SSSR count). The highest BCUT2D eigenvalue weighted by molar-refractivity contribution is 5.78. The molecule has 134 valence electrons. The van der Waals surface area contributed by atoms with Gasteiger partial charge in [0.25, 0.3) is 0 Å². The van der Waals surface area contributed by atoms with Crippen LogP contribution in [0.5, 0.6) is 0 Å². The lowest BCUT2D eigenvalue weighted by atomic mass is 9.95. The van der Waals surface area contributed by atoms with Gasteiger partial charge >= 0.3 is 5.97 Å². The minimum atomic E-state index is -0.669. The number of esters is 1. The maximum Gasteiger partial charge on any atom is 0.316 e. The lowest BCUT2D eigenvalue weighted by Gasteiger charge is -2.45. The lowest BCUT2D eigenvalue weighted by Crippen LogP contribution is -2.60. The topological polar surface area (TPSA) is 66.8 Å². The van der Waals surface area contributed by atoms with Crippen LogP contribution in [0.25, 0.3) is 0 Å². The minimum Gasteiger partial charge on any atom is -0.461 e. The third kappa shape index (κ3) is 3.30. The number of ether oxygens (including phenoxy) is 1. The first-order chi connectivity index (χ1) is 12.0. The summed E-state index contributed by atoms with van der Waals surface area (Å²) in [5, 5.41) is 20.0. The average molecular weight is 344 g/mol. The SMILES string of the molecule is C#CC[N@+]1(C)[C@@H]2C[C@H](OC(=O)[C@H](CO)c3ccccc3)C[C@H]1[C@@H](O)C2. The van der Waals surface area contributed by atoms with Crippen molar-refractivity contribution in [1.29, 1.82) is 0 Å². The van der Waals surface area contributed by atoms with Crippen LogP contribution in [0.4, 0.5) is 0 Å². The van der Waals surface area contributed by atoms with Gasteiger partial charge in [-0.1, -0.05) is 30.3 Å². The molecule has 1 aromatic carbocycles. The van der Waals surface area contributed by atoms with Gasteiger partial charge in [-0.2, -0.15) is 0 Å². The summed E-state index contributed by atoms with van der Waals surface area (Å²) in [5.41, 5.74) is 0.752. The summed E-state index contributed by atoms with van der Waals surface area (Å²) in [7, 11) is 2.09. The van der Waals surface area contributed by atoms with Crippen LogP contribution >= 0.6 is 0 Å². The van der Waals surface area contributed by atoms with Gasteiger partial charge in [-0.05, 0) is 11.5 Å². The predicted octanol–water partition coefficient (Wildman–Crippen LogP) is 1.05. The summed E-state index contributed by atoms with van der Waals surface area (Å²) >= 11 is 0. The van der Waals surface area contributed by atoms with Gasteiger partial charge in [0.1, 0.15) is 30.7 Å². The van der Waals surface area contributed by atoms with Crippen LogP contribution in [0, 0.1) is 12.3 Å². The van der Waals surface area contributed by atoms with Crippen molar-refractivity contribution < 1.29 is 24.2 Å². The molecule has 2 saturated heterocycles. The van der Waals surface area contributed by atoms with Crippen LogP contribution in [0.15, 0.2) is 30.3 Å². The number of aliphatic hydroxyl groups excluding tert-OH is 2. The van der Waals surface area contributed by atoms with Crippen molar-refractivity contribution in [3.63, 3.8) is 0 Å². The van der Waals surface area contributed by atoms with E-state index >= 15 is 0 Å². The molecular weight excluding hydrogens is 318 g/mol. The van der Waals surface area contributed by atoms with Crippen molar-refractivity contribution in [3.8, 4) is 12.3 Å². The number of carbonyl (C=O) groups is 1. The molecule has 5 heteroatoms. The van der Waals surface area contributed by atoms with Crippen LogP contribution in [-0.2, 0) is 9.53 Å². The quantitative estimate of drug-likeness (QED) is 0.476. The van der Waals surface area contributed by atoms with Crippen molar-refractivity contribution in [3.05, 3.63) is 35.9 Å². The molecule has 2 N–H and O–H groups in total. The maximum absolute atomic E-state index is 12.6. The zero-order valence-corrected chi connectivity index (χ0v) is 14.5. The largest absolute Gasteiger partial charge is 0.461 e. The van der Waals surface area contributed by atoms with E-state index < -0.39 is 18.0 Å². The number of hydrogen-bond acceptors (Lipinski definition) is 4. The molecule has 0 amide bonds. The molecule has 2 aliphatic heterocycles. The third-order valence-corrected chi connectivity index (χ3v) is 5.97. The fourth-order valence-corrected chi connectivity index (χ4v) is 4.53. The molecule has 0 aliphatic carbocycles. The van der Waals surface area contributed by atoms with E-state index in [1.165, 1.54) is 0 Å². The number of rotatable bonds is 5. The van der Waals surface area contributed by atoms with Gasteiger partial charge in [0, 0.05) is 19.3 Å². The molecule has 2 heterocycles. The van der Waals surface area contributed by atoms with Crippen LogP contribution in [0.3, 0.4) is 0 Å². The number of quaternary nitrogens is 1. The molecule has 25 heavy (non-hydrogen) atoms. The number of fused-ring (bicyclic) bond motifs is 2. The monoisotopic (exact) mass is 344 g/mol. The zero-order chi connectivity index (χ0) is 18.0. The Hall–Kier alpha value is -1.87. The van der Waals surface area contributed by atoms with E-state index in [-0.39, 0.29) is 24.8 Å². The molecule has 0 radical (unpaired) electrons. The number of carbonyl (C=O) groups excluding carboxylic acids is 1. The Morgan fingerprint density at radius 1 is 1.36 bits per heavy atom. The Kier molecular flexibility index (Phi) is 5.14. The number of aliphatic hydroxyl groups is 2. The molecule has 6 atom stereocenters. The minimum absolute atomic E-state index is 0.00287. The van der Waals surface area contributed by atoms with E-state index in [1.807, 2.05) is 30.3 Å². The van der Waals surface area contributed by atoms with E-state index in [1.54, 1.807) is 0 Å². The second kappa shape index (κ2) is 7.17. The summed E-state index contributed by atoms with van der Waals surface area (Å²) < 4.78 is 6.39. The Morgan fingerprint density at radius 3 is 2.68 bits per heavy atom. The van der Waals surface area contributed by atoms with Gasteiger partial charge in [0.2, 0.25) is 0 Å². The fourth-order valence-electron chi connectivity index (χ4n) is 4.53. The standard InChI is InChI=1S/C20H26NO4/c1-3-9-21(2)15-10-16(12-18(21)19(23)11-15)25-20(24)17(13-22)14-7-5-4-6-8-14/h1,4-8,15-19,22-23H,9-13H2,2H3/q+1/t15-,16+,17-,18+,19+,21-/m1/s1. The molecule has 0 spiro atoms. The molecule has 0 saturated carbocycles. The lowest BCUT2D eigenvalue weighted by molar-refractivity contribution is -0.944. The number of terminal acetylenes is 1. The van der Waals surface area contributed by atoms with E-state index in [2.05, 4.69) is 13.0 Å². The Bertz CT molecular complexity index is 655. The van der Waals surface area contributed by atoms with Crippen LogP contribution in [0.1, 0.15) is 30.7 Å². The van der Waals surface area contributed by atoms with Gasteiger partial charge in [-0.15, -0.1) is 6.42 Å². The first kappa shape index (κ1) is 17.9. The second-order valence-corrected chi connectivity index (χ2v) is 7.41. The molecule has 2 bridgehead atoms. The van der Waals surface area contributed by atoms with Crippen molar-refractivity contribution >= 4 is 5.97 Å². The summed E-state index contributed by atoms with van der Waals surface area (Å²) in [4.78, 5) is 12.6. The van der Waals surface area contributed by atoms with Gasteiger partial charge in [-0.25, -0.2) is 0 Å². The van der Waals surface area contributed by atoms with E-state index in [0.29, 0.717) is 30.3 Å². The van der Waals surface area contributed by atoms with Crippen LogP contribution in [-0.4, -0.2) is 65.2 Å². The Labute approximate surface area is 148 Å². The van der Waals surface area contributed by atoms with Crippen LogP contribution < -0.4 is 0 Å². The summed E-state index contributed by atoms with van der Waals surface area (Å²) in [6, 6.07) is 9.38. The smallest absolute Gasteiger partial charge is 0.316 e. The molecular formula is C20H26NO4+. The van der Waals surface area contributed by atoms with Crippen LogP contribution in [0.2, 0.25) is 0 Å². The number of nitrogens with zero attached hydrogens (tertiary/aromatic N) is 1. The normalized spacial score (nSPS) is 35.0. The molecule has 5 nitrogen and oxygen atoms in total. The zero-order valence-electron chi connectivity index (χ0n) is 14.5. The Morgan fingerprint density at radius 2 is 2.08 bits per heavy atom. The number of benzene rings is 1. The number of likely N-dealkylation sites (N-methyl/N-ethyl adjacent to an activating group) is 1. The second-order valence-electron chi connectivity index (χ2n) is 7.41. The predicted molar refractivity (Wildman–Crippen MR) is 93.5 cm³/mol. The highest BCUT2D eigenvalue weighted by atomic mass is 16.5. The van der Waals surface area contributed by atoms with E-state index in [4.69, 9.17) is 11.2 Å². The fraction of sp³-hybridized carbons (Fsp3) is 0.550. The maximum atomic E-state index is 12.6. The van der Waals surface area contributed by atoms with Crippen molar-refractivity contribution in [1.82, 2.24) is 0 Å². The van der Waals surface area contributed by atoms with Gasteiger partial charge in [0.15, 0.2) is 0 Å². The Balaban J connectivity index is 1.69. The molecule has 0 unspecified atom stereocenters. The summed E-state index contributed by atoms with van der Waals surface area (Å²) in [6.45, 7) is 0.298. The summed E-state index contributed by atoms with van der Waals surface area (Å²) in [5.74, 6) is 1.65. The molecule has 2 fully saturated rings. The van der Waals surface area contributed by atoms with Crippen molar-refractivity contribution in [2.45, 2.75) is 49.5 Å². The van der Waals surface area contributed by atoms with Gasteiger partial charge < -0.3 is 19.4 Å². The first-order valence-electron chi connectivity index (χ1n) is 8.82. The highest BCUT2D eigenvalue weighted by Gasteiger charge is 2.56. The van der Waals surface area contributed by atoms with E-state index in [0.717, 1.165) is 5.56 Å². The third-order valence-electron chi connectivity index (χ3n) is 5.97. The summed E-state index contributed by atoms with van der Waals surface area (Å²) in [6.07, 6.45) is 6.87. The number of piperidine rings is 1. The van der Waals surface area contributed by atoms with Gasteiger partial charge in [0.05, 0.1) is 19.7 Å². The van der Waals surface area contributed by atoms with Crippen molar-refractivity contribution in [2.75, 3.05) is 20.2 Å². The van der Waals surface area contributed by atoms with Gasteiger partial charge in [-0.3, -0.25) is 4.79 Å². The molecule has 2 aliphatic rings. The van der Waals surface area contributed by atoms with Crippen molar-refractivity contribution in [2.24, 2.45) is 0 Å².